The number of rotatable bonds is 0. The van der Waals surface area contributed by atoms with Gasteiger partial charge in [-0.05, 0) is 44.2 Å². The molecule has 0 saturated heterocycles. The summed E-state index contributed by atoms with van der Waals surface area (Å²) >= 11 is 0. The Bertz CT molecular complexity index is 634. The van der Waals surface area contributed by atoms with Crippen molar-refractivity contribution in [2.24, 2.45) is 0 Å². The first-order valence-electron chi connectivity index (χ1n) is 8.13. The van der Waals surface area contributed by atoms with Crippen LogP contribution in [0.4, 0.5) is 0 Å². The van der Waals surface area contributed by atoms with Crippen molar-refractivity contribution >= 4 is 0 Å². The van der Waals surface area contributed by atoms with Gasteiger partial charge in [0.15, 0.2) is 0 Å². The molecule has 3 aliphatic rings. The Balaban J connectivity index is 2.17. The van der Waals surface area contributed by atoms with E-state index in [1.165, 1.54) is 33.4 Å². The Morgan fingerprint density at radius 3 is 0.864 bits per heavy atom. The molecule has 3 rings (SSSR count). The molecule has 0 nitrogen and oxygen atoms in total. The Labute approximate surface area is 134 Å². The Kier molecular flexibility index (Phi) is 3.32. The second-order valence-electron chi connectivity index (χ2n) is 8.48. The van der Waals surface area contributed by atoms with E-state index in [1.54, 1.807) is 0 Å². The second kappa shape index (κ2) is 4.84. The van der Waals surface area contributed by atoms with Crippen molar-refractivity contribution in [3.05, 3.63) is 59.7 Å². The van der Waals surface area contributed by atoms with E-state index in [9.17, 15) is 0 Å². The van der Waals surface area contributed by atoms with E-state index in [0.29, 0.717) is 0 Å². The zero-order valence-electron chi connectivity index (χ0n) is 14.6. The van der Waals surface area contributed by atoms with Crippen LogP contribution in [-0.2, 0) is 10.8 Å². The minimum Gasteiger partial charge on any atom is -0.0561 e. The first kappa shape index (κ1) is 15.1. The molecule has 3 aliphatic carbocycles. The van der Waals surface area contributed by atoms with Gasteiger partial charge in [0.2, 0.25) is 0 Å². The lowest BCUT2D eigenvalue weighted by Crippen LogP contribution is -2.08. The van der Waals surface area contributed by atoms with E-state index in [-0.39, 0.29) is 10.8 Å². The topological polar surface area (TPSA) is 0 Å². The van der Waals surface area contributed by atoms with Crippen molar-refractivity contribution in [3.63, 3.8) is 0 Å². The van der Waals surface area contributed by atoms with Crippen LogP contribution in [0.2, 0.25) is 0 Å². The molecule has 0 N–H and O–H groups in total. The third-order valence-electron chi connectivity index (χ3n) is 4.53. The zero-order chi connectivity index (χ0) is 16.1. The Morgan fingerprint density at radius 1 is 0.455 bits per heavy atom. The molecule has 0 aromatic carbocycles. The molecule has 0 heterocycles. The molecule has 0 radical (unpaired) electrons. The second-order valence-corrected chi connectivity index (χ2v) is 8.48. The summed E-state index contributed by atoms with van der Waals surface area (Å²) in [6.07, 6.45) is 0. The fourth-order valence-corrected chi connectivity index (χ4v) is 2.89. The van der Waals surface area contributed by atoms with Gasteiger partial charge in [-0.15, -0.1) is 0 Å². The molecule has 0 spiro atoms. The SMILES string of the molecule is CC(C)(C)c1cc2ccc3cc(C(C)(C)C)cc-3ccc-2c1. The highest BCUT2D eigenvalue weighted by atomic mass is 14.2. The number of fused-ring (bicyclic) bond motifs is 2. The molecule has 0 saturated carbocycles. The van der Waals surface area contributed by atoms with Gasteiger partial charge in [-0.25, -0.2) is 0 Å². The van der Waals surface area contributed by atoms with E-state index >= 15 is 0 Å². The van der Waals surface area contributed by atoms with E-state index in [2.05, 4.69) is 90.1 Å². The smallest absolute Gasteiger partial charge is 0.0131 e. The Hall–Kier alpha value is -1.82. The van der Waals surface area contributed by atoms with Gasteiger partial charge in [-0.2, -0.15) is 0 Å². The molecular weight excluding hydrogens is 264 g/mol. The molecule has 0 aromatic rings. The average molecular weight is 290 g/mol. The van der Waals surface area contributed by atoms with Crippen LogP contribution in [0.15, 0.2) is 48.5 Å². The van der Waals surface area contributed by atoms with Crippen LogP contribution >= 0.6 is 0 Å². The summed E-state index contributed by atoms with van der Waals surface area (Å²) in [5, 5.41) is 0. The number of hydrogen-bond donors (Lipinski definition) is 0. The summed E-state index contributed by atoms with van der Waals surface area (Å²) in [7, 11) is 0. The molecule has 0 aliphatic heterocycles. The summed E-state index contributed by atoms with van der Waals surface area (Å²) in [5.74, 6) is 0. The molecule has 0 bridgehead atoms. The largest absolute Gasteiger partial charge is 0.0561 e. The third kappa shape index (κ3) is 2.75. The zero-order valence-corrected chi connectivity index (χ0v) is 14.6. The van der Waals surface area contributed by atoms with E-state index in [1.807, 2.05) is 0 Å². The first-order chi connectivity index (χ1) is 10.1. The summed E-state index contributed by atoms with van der Waals surface area (Å²) in [4.78, 5) is 0. The maximum absolute atomic E-state index is 2.33. The van der Waals surface area contributed by atoms with Crippen LogP contribution in [0, 0.1) is 0 Å². The molecule has 0 atom stereocenters. The standard InChI is InChI=1S/C22H26/c1-21(2,3)19-11-15-7-9-17-13-20(22(4,5)6)14-18(17)10-8-16(15)12-19/h7-14H,1-6H3. The predicted octanol–water partition coefficient (Wildman–Crippen LogP) is 6.49. The molecule has 0 heteroatoms. The van der Waals surface area contributed by atoms with E-state index < -0.39 is 0 Å². The van der Waals surface area contributed by atoms with Crippen LogP contribution in [0.5, 0.6) is 0 Å². The molecule has 22 heavy (non-hydrogen) atoms. The van der Waals surface area contributed by atoms with Crippen LogP contribution in [0.1, 0.15) is 52.7 Å². The third-order valence-corrected chi connectivity index (χ3v) is 4.53. The van der Waals surface area contributed by atoms with Crippen molar-refractivity contribution in [2.45, 2.75) is 52.4 Å². The highest BCUT2D eigenvalue weighted by Crippen LogP contribution is 2.36. The summed E-state index contributed by atoms with van der Waals surface area (Å²) in [5.41, 5.74) is 8.51. The van der Waals surface area contributed by atoms with Crippen molar-refractivity contribution < 1.29 is 0 Å². The normalized spacial score (nSPS) is 13.0. The van der Waals surface area contributed by atoms with Crippen molar-refractivity contribution in [2.75, 3.05) is 0 Å². The molecule has 114 valence electrons. The van der Waals surface area contributed by atoms with Crippen LogP contribution in [-0.4, -0.2) is 0 Å². The number of hydrogen-bond acceptors (Lipinski definition) is 0. The average Bonchev–Trinajstić information content (AvgIpc) is 2.93. The minimum atomic E-state index is 0.199. The van der Waals surface area contributed by atoms with Gasteiger partial charge in [0.25, 0.3) is 0 Å². The van der Waals surface area contributed by atoms with Crippen molar-refractivity contribution in [1.82, 2.24) is 0 Å². The summed E-state index contributed by atoms with van der Waals surface area (Å²) in [6, 6.07) is 18.4. The lowest BCUT2D eigenvalue weighted by molar-refractivity contribution is 0.592. The fourth-order valence-electron chi connectivity index (χ4n) is 2.89. The molecule has 0 fully saturated rings. The predicted molar refractivity (Wildman–Crippen MR) is 97.1 cm³/mol. The maximum atomic E-state index is 2.33. The first-order valence-corrected chi connectivity index (χ1v) is 8.13. The minimum absolute atomic E-state index is 0.199. The quantitative estimate of drug-likeness (QED) is 0.444. The lowest BCUT2D eigenvalue weighted by Gasteiger charge is -2.16. The summed E-state index contributed by atoms with van der Waals surface area (Å²) < 4.78 is 0. The van der Waals surface area contributed by atoms with Crippen LogP contribution < -0.4 is 0 Å². The van der Waals surface area contributed by atoms with Crippen LogP contribution in [0.3, 0.4) is 0 Å². The van der Waals surface area contributed by atoms with Gasteiger partial charge < -0.3 is 0 Å². The van der Waals surface area contributed by atoms with E-state index in [4.69, 9.17) is 0 Å². The monoisotopic (exact) mass is 290 g/mol. The molecule has 0 amide bonds. The van der Waals surface area contributed by atoms with Crippen LogP contribution in [0.25, 0.3) is 22.3 Å². The van der Waals surface area contributed by atoms with Gasteiger partial charge in [0.05, 0.1) is 0 Å². The highest BCUT2D eigenvalue weighted by Gasteiger charge is 2.19. The van der Waals surface area contributed by atoms with Gasteiger partial charge in [-0.1, -0.05) is 90.1 Å². The summed E-state index contributed by atoms with van der Waals surface area (Å²) in [6.45, 7) is 13.6. The van der Waals surface area contributed by atoms with Gasteiger partial charge in [0, 0.05) is 0 Å². The van der Waals surface area contributed by atoms with Gasteiger partial charge in [-0.3, -0.25) is 0 Å². The molecule has 0 unspecified atom stereocenters. The Morgan fingerprint density at radius 2 is 0.682 bits per heavy atom. The van der Waals surface area contributed by atoms with Gasteiger partial charge in [0.1, 0.15) is 0 Å². The molecule has 0 aromatic heterocycles. The van der Waals surface area contributed by atoms with E-state index in [0.717, 1.165) is 0 Å². The van der Waals surface area contributed by atoms with Gasteiger partial charge >= 0.3 is 0 Å². The van der Waals surface area contributed by atoms with Crippen molar-refractivity contribution in [3.8, 4) is 22.3 Å². The highest BCUT2D eigenvalue weighted by molar-refractivity contribution is 5.75. The van der Waals surface area contributed by atoms with Crippen molar-refractivity contribution in [1.29, 1.82) is 0 Å². The lowest BCUT2D eigenvalue weighted by atomic mass is 9.89. The fraction of sp³-hybridized carbons (Fsp3) is 0.364. The maximum Gasteiger partial charge on any atom is -0.0131 e. The molecular formula is C22H26.